The summed E-state index contributed by atoms with van der Waals surface area (Å²) in [5, 5.41) is 7.18. The van der Waals surface area contributed by atoms with Crippen LogP contribution in [0, 0.1) is 0 Å². The molecular weight excluding hydrogens is 435 g/mol. The van der Waals surface area contributed by atoms with Gasteiger partial charge in [-0.25, -0.2) is 9.97 Å². The number of alkyl halides is 3. The Bertz CT molecular complexity index is 1110. The lowest BCUT2D eigenvalue weighted by atomic mass is 10.2. The maximum absolute atomic E-state index is 13.0. The lowest BCUT2D eigenvalue weighted by Gasteiger charge is -2.35. The first kappa shape index (κ1) is 21.3. The van der Waals surface area contributed by atoms with Crippen molar-refractivity contribution in [1.82, 2.24) is 24.6 Å². The Labute approximate surface area is 180 Å². The number of aromatic nitrogens is 4. The molecule has 2 aromatic heterocycles. The standard InChI is InChI=1S/C19H19ClF3N7O/c1-28-17-13(9-26-28)18(25-11-24-17)30-6-4-29(5-7-30)10-16(31)27-12-2-3-15(20)14(8-12)19(21,22)23/h2-3,8-9,11H,4-7,10H2,1H3,(H,27,31). The van der Waals surface area contributed by atoms with Crippen LogP contribution >= 0.6 is 11.6 Å². The number of fused-ring (bicyclic) bond motifs is 1. The summed E-state index contributed by atoms with van der Waals surface area (Å²) >= 11 is 5.62. The first-order chi connectivity index (χ1) is 14.7. The van der Waals surface area contributed by atoms with Crippen LogP contribution in [0.3, 0.4) is 0 Å². The van der Waals surface area contributed by atoms with Crippen molar-refractivity contribution in [3.05, 3.63) is 41.3 Å². The minimum atomic E-state index is -4.59. The number of amides is 1. The van der Waals surface area contributed by atoms with E-state index in [1.165, 1.54) is 12.4 Å². The summed E-state index contributed by atoms with van der Waals surface area (Å²) in [5.74, 6) is 0.406. The van der Waals surface area contributed by atoms with Crippen molar-refractivity contribution in [2.45, 2.75) is 6.18 Å². The van der Waals surface area contributed by atoms with Crippen molar-refractivity contribution >= 4 is 40.0 Å². The lowest BCUT2D eigenvalue weighted by molar-refractivity contribution is -0.137. The maximum atomic E-state index is 13.0. The van der Waals surface area contributed by atoms with Gasteiger partial charge in [0.1, 0.15) is 12.1 Å². The first-order valence-electron chi connectivity index (χ1n) is 9.49. The van der Waals surface area contributed by atoms with Gasteiger partial charge in [0.15, 0.2) is 5.65 Å². The summed E-state index contributed by atoms with van der Waals surface area (Å²) < 4.78 is 40.7. The Kier molecular flexibility index (Phi) is 5.71. The molecule has 1 amide bonds. The number of hydrogen-bond donors (Lipinski definition) is 1. The number of nitrogens with one attached hydrogen (secondary N) is 1. The molecule has 0 saturated carbocycles. The minimum absolute atomic E-state index is 0.0558. The molecule has 12 heteroatoms. The average molecular weight is 454 g/mol. The molecule has 1 aliphatic heterocycles. The summed E-state index contributed by atoms with van der Waals surface area (Å²) in [7, 11) is 1.81. The van der Waals surface area contributed by atoms with E-state index in [4.69, 9.17) is 11.6 Å². The fraction of sp³-hybridized carbons (Fsp3) is 0.368. The highest BCUT2D eigenvalue weighted by Crippen LogP contribution is 2.36. The van der Waals surface area contributed by atoms with Gasteiger partial charge in [-0.3, -0.25) is 14.4 Å². The van der Waals surface area contributed by atoms with E-state index >= 15 is 0 Å². The second-order valence-corrected chi connectivity index (χ2v) is 7.61. The van der Waals surface area contributed by atoms with Gasteiger partial charge in [0, 0.05) is 38.9 Å². The van der Waals surface area contributed by atoms with E-state index in [-0.39, 0.29) is 18.1 Å². The fourth-order valence-electron chi connectivity index (χ4n) is 3.54. The second-order valence-electron chi connectivity index (χ2n) is 7.21. The van der Waals surface area contributed by atoms with Crippen LogP contribution in [-0.4, -0.2) is 63.3 Å². The van der Waals surface area contributed by atoms with Gasteiger partial charge >= 0.3 is 6.18 Å². The van der Waals surface area contributed by atoms with Gasteiger partial charge in [-0.15, -0.1) is 0 Å². The Morgan fingerprint density at radius 2 is 1.94 bits per heavy atom. The molecule has 0 spiro atoms. The van der Waals surface area contributed by atoms with Gasteiger partial charge in [-0.2, -0.15) is 18.3 Å². The number of anilines is 2. The average Bonchev–Trinajstić information content (AvgIpc) is 3.10. The minimum Gasteiger partial charge on any atom is -0.353 e. The molecule has 31 heavy (non-hydrogen) atoms. The zero-order chi connectivity index (χ0) is 22.2. The van der Waals surface area contributed by atoms with Crippen LogP contribution in [0.5, 0.6) is 0 Å². The van der Waals surface area contributed by atoms with Crippen molar-refractivity contribution in [2.75, 3.05) is 42.9 Å². The van der Waals surface area contributed by atoms with Crippen LogP contribution in [0.4, 0.5) is 24.7 Å². The summed E-state index contributed by atoms with van der Waals surface area (Å²) in [6.07, 6.45) is -1.36. The summed E-state index contributed by atoms with van der Waals surface area (Å²) in [6, 6.07) is 3.31. The van der Waals surface area contributed by atoms with E-state index in [2.05, 4.69) is 25.3 Å². The van der Waals surface area contributed by atoms with Crippen molar-refractivity contribution < 1.29 is 18.0 Å². The summed E-state index contributed by atoms with van der Waals surface area (Å²) in [4.78, 5) is 25.0. The van der Waals surface area contributed by atoms with Crippen LogP contribution < -0.4 is 10.2 Å². The van der Waals surface area contributed by atoms with Crippen LogP contribution in [0.25, 0.3) is 11.0 Å². The maximum Gasteiger partial charge on any atom is 0.417 e. The molecule has 1 aromatic carbocycles. The summed E-state index contributed by atoms with van der Waals surface area (Å²) in [5.41, 5.74) is -0.180. The number of aryl methyl sites for hydroxylation is 1. The fourth-order valence-corrected chi connectivity index (χ4v) is 3.77. The van der Waals surface area contributed by atoms with E-state index in [9.17, 15) is 18.0 Å². The summed E-state index contributed by atoms with van der Waals surface area (Å²) in [6.45, 7) is 2.58. The Balaban J connectivity index is 1.35. The number of carbonyl (C=O) groups is 1. The molecule has 164 valence electrons. The van der Waals surface area contributed by atoms with E-state index in [1.54, 1.807) is 10.9 Å². The highest BCUT2D eigenvalue weighted by atomic mass is 35.5. The Morgan fingerprint density at radius 1 is 1.19 bits per heavy atom. The van der Waals surface area contributed by atoms with Gasteiger partial charge in [0.25, 0.3) is 0 Å². The third-order valence-electron chi connectivity index (χ3n) is 5.10. The topological polar surface area (TPSA) is 79.2 Å². The Morgan fingerprint density at radius 3 is 2.65 bits per heavy atom. The van der Waals surface area contributed by atoms with Gasteiger partial charge in [-0.1, -0.05) is 11.6 Å². The van der Waals surface area contributed by atoms with Crippen LogP contribution in [0.2, 0.25) is 5.02 Å². The molecule has 3 aromatic rings. The first-order valence-corrected chi connectivity index (χ1v) is 9.87. The molecule has 0 aliphatic carbocycles. The molecule has 0 atom stereocenters. The normalized spacial score (nSPS) is 15.5. The monoisotopic (exact) mass is 453 g/mol. The van der Waals surface area contributed by atoms with E-state index in [0.29, 0.717) is 26.2 Å². The second kappa shape index (κ2) is 8.31. The van der Waals surface area contributed by atoms with Crippen LogP contribution in [0.1, 0.15) is 5.56 Å². The number of nitrogens with zero attached hydrogens (tertiary/aromatic N) is 6. The number of halogens is 4. The van der Waals surface area contributed by atoms with Gasteiger partial charge in [0.05, 0.1) is 28.7 Å². The number of carbonyl (C=O) groups excluding carboxylic acids is 1. The largest absolute Gasteiger partial charge is 0.417 e. The van der Waals surface area contributed by atoms with Crippen molar-refractivity contribution in [1.29, 1.82) is 0 Å². The smallest absolute Gasteiger partial charge is 0.353 e. The molecule has 1 fully saturated rings. The molecule has 3 heterocycles. The molecule has 1 saturated heterocycles. The van der Waals surface area contributed by atoms with Gasteiger partial charge < -0.3 is 10.2 Å². The highest BCUT2D eigenvalue weighted by Gasteiger charge is 2.33. The van der Waals surface area contributed by atoms with Crippen molar-refractivity contribution in [3.8, 4) is 0 Å². The van der Waals surface area contributed by atoms with Crippen LogP contribution in [0.15, 0.2) is 30.7 Å². The highest BCUT2D eigenvalue weighted by molar-refractivity contribution is 6.31. The molecule has 1 N–H and O–H groups in total. The van der Waals surface area contributed by atoms with E-state index < -0.39 is 16.8 Å². The lowest BCUT2D eigenvalue weighted by Crippen LogP contribution is -2.49. The molecule has 0 unspecified atom stereocenters. The number of piperazine rings is 1. The van der Waals surface area contributed by atoms with Gasteiger partial charge in [0.2, 0.25) is 5.91 Å². The molecule has 4 rings (SSSR count). The third kappa shape index (κ3) is 4.57. The number of hydrogen-bond acceptors (Lipinski definition) is 6. The molecule has 0 radical (unpaired) electrons. The quantitative estimate of drug-likeness (QED) is 0.654. The number of benzene rings is 1. The van der Waals surface area contributed by atoms with Crippen molar-refractivity contribution in [3.63, 3.8) is 0 Å². The SMILES string of the molecule is Cn1ncc2c(N3CCN(CC(=O)Nc4ccc(Cl)c(C(F)(F)F)c4)CC3)ncnc21. The van der Waals surface area contributed by atoms with Crippen molar-refractivity contribution in [2.24, 2.45) is 7.05 Å². The molecule has 1 aliphatic rings. The zero-order valence-corrected chi connectivity index (χ0v) is 17.3. The molecular formula is C19H19ClF3N7O. The Hall–Kier alpha value is -2.92. The molecule has 0 bridgehead atoms. The predicted molar refractivity (Wildman–Crippen MR) is 110 cm³/mol. The molecule has 8 nitrogen and oxygen atoms in total. The number of rotatable bonds is 4. The van der Waals surface area contributed by atoms with E-state index in [1.807, 2.05) is 11.9 Å². The zero-order valence-electron chi connectivity index (χ0n) is 16.5. The van der Waals surface area contributed by atoms with Gasteiger partial charge in [-0.05, 0) is 18.2 Å². The predicted octanol–water partition coefficient (Wildman–Crippen LogP) is 2.80. The van der Waals surface area contributed by atoms with E-state index in [0.717, 1.165) is 29.0 Å². The third-order valence-corrected chi connectivity index (χ3v) is 5.43. The van der Waals surface area contributed by atoms with Crippen LogP contribution in [-0.2, 0) is 18.0 Å².